The molecule has 1 aromatic rings. The molecule has 0 amide bonds. The zero-order valence-corrected chi connectivity index (χ0v) is 19.4. The third-order valence-electron chi connectivity index (χ3n) is 5.31. The highest BCUT2D eigenvalue weighted by Gasteiger charge is 2.47. The van der Waals surface area contributed by atoms with E-state index >= 15 is 0 Å². The molecule has 0 bridgehead atoms. The lowest BCUT2D eigenvalue weighted by molar-refractivity contribution is -0.207. The predicted octanol–water partition coefficient (Wildman–Crippen LogP) is 4.39. The minimum atomic E-state index is -0.601. The maximum absolute atomic E-state index is 11.7. The molecule has 5 atom stereocenters. The molecule has 0 aliphatic carbocycles. The molecule has 1 saturated heterocycles. The second-order valence-corrected chi connectivity index (χ2v) is 8.84. The lowest BCUT2D eigenvalue weighted by Gasteiger charge is -2.44. The van der Waals surface area contributed by atoms with Gasteiger partial charge in [-0.2, -0.15) is 0 Å². The van der Waals surface area contributed by atoms with Gasteiger partial charge in [-0.3, -0.25) is 9.59 Å². The number of hydrogen-bond acceptors (Lipinski definition) is 7. The van der Waals surface area contributed by atoms with E-state index in [2.05, 4.69) is 19.1 Å². The van der Waals surface area contributed by atoms with Gasteiger partial charge in [0.15, 0.2) is 6.10 Å². The van der Waals surface area contributed by atoms with E-state index in [0.717, 1.165) is 37.2 Å². The molecule has 1 aromatic carbocycles. The second-order valence-electron chi connectivity index (χ2n) is 7.63. The van der Waals surface area contributed by atoms with Crippen molar-refractivity contribution in [2.75, 3.05) is 12.9 Å². The van der Waals surface area contributed by atoms with Crippen molar-refractivity contribution in [3.05, 3.63) is 29.8 Å². The SMILES string of the molecule is CCC1OC(SCCCCc2ccc(OC)cc2)C(OC(C)=O)C(OC(C)=O)C1C. The highest BCUT2D eigenvalue weighted by molar-refractivity contribution is 7.99. The Morgan fingerprint density at radius 2 is 1.67 bits per heavy atom. The van der Waals surface area contributed by atoms with E-state index < -0.39 is 18.2 Å². The Kier molecular flexibility index (Phi) is 9.98. The zero-order valence-electron chi connectivity index (χ0n) is 18.6. The number of thioether (sulfide) groups is 1. The van der Waals surface area contributed by atoms with Gasteiger partial charge in [0.2, 0.25) is 0 Å². The van der Waals surface area contributed by atoms with E-state index in [-0.39, 0.29) is 23.4 Å². The number of hydrogen-bond donors (Lipinski definition) is 0. The van der Waals surface area contributed by atoms with Crippen LogP contribution in [0.1, 0.15) is 52.5 Å². The van der Waals surface area contributed by atoms with Crippen molar-refractivity contribution in [2.24, 2.45) is 5.92 Å². The summed E-state index contributed by atoms with van der Waals surface area (Å²) in [5, 5.41) is 0. The van der Waals surface area contributed by atoms with Crippen LogP contribution in [0.5, 0.6) is 5.75 Å². The molecule has 1 heterocycles. The molecular formula is C23H34O6S. The fourth-order valence-corrected chi connectivity index (χ4v) is 4.97. The van der Waals surface area contributed by atoms with Crippen LogP contribution in [0.4, 0.5) is 0 Å². The zero-order chi connectivity index (χ0) is 22.1. The molecular weight excluding hydrogens is 404 g/mol. The number of carbonyl (C=O) groups excluding carboxylic acids is 2. The van der Waals surface area contributed by atoms with Gasteiger partial charge in [-0.15, -0.1) is 11.8 Å². The summed E-state index contributed by atoms with van der Waals surface area (Å²) in [6.07, 6.45) is 2.71. The number of benzene rings is 1. The first-order valence-electron chi connectivity index (χ1n) is 10.6. The minimum Gasteiger partial charge on any atom is -0.497 e. The maximum atomic E-state index is 11.7. The van der Waals surface area contributed by atoms with Gasteiger partial charge in [0, 0.05) is 19.8 Å². The monoisotopic (exact) mass is 438 g/mol. The molecule has 168 valence electrons. The lowest BCUT2D eigenvalue weighted by atomic mass is 9.89. The van der Waals surface area contributed by atoms with Crippen LogP contribution in [0.2, 0.25) is 0 Å². The van der Waals surface area contributed by atoms with E-state index in [0.29, 0.717) is 0 Å². The Balaban J connectivity index is 1.92. The molecule has 0 N–H and O–H groups in total. The van der Waals surface area contributed by atoms with Crippen molar-refractivity contribution in [3.8, 4) is 5.75 Å². The van der Waals surface area contributed by atoms with Crippen LogP contribution in [0.25, 0.3) is 0 Å². The molecule has 2 rings (SSSR count). The third kappa shape index (κ3) is 7.20. The molecule has 0 saturated carbocycles. The summed E-state index contributed by atoms with van der Waals surface area (Å²) in [7, 11) is 1.67. The number of aryl methyl sites for hydroxylation is 1. The van der Waals surface area contributed by atoms with E-state index in [9.17, 15) is 9.59 Å². The van der Waals surface area contributed by atoms with Crippen molar-refractivity contribution in [1.29, 1.82) is 0 Å². The van der Waals surface area contributed by atoms with Gasteiger partial charge in [-0.25, -0.2) is 0 Å². The summed E-state index contributed by atoms with van der Waals surface area (Å²) >= 11 is 1.63. The summed E-state index contributed by atoms with van der Waals surface area (Å²) in [6.45, 7) is 6.79. The Morgan fingerprint density at radius 1 is 1.03 bits per heavy atom. The average Bonchev–Trinajstić information content (AvgIpc) is 2.71. The van der Waals surface area contributed by atoms with Gasteiger partial charge in [0.1, 0.15) is 17.3 Å². The van der Waals surface area contributed by atoms with E-state index in [1.165, 1.54) is 19.4 Å². The maximum Gasteiger partial charge on any atom is 0.303 e. The highest BCUT2D eigenvalue weighted by Crippen LogP contribution is 2.37. The number of unbranched alkanes of at least 4 members (excludes halogenated alkanes) is 1. The van der Waals surface area contributed by atoms with Crippen LogP contribution >= 0.6 is 11.8 Å². The predicted molar refractivity (Wildman–Crippen MR) is 118 cm³/mol. The van der Waals surface area contributed by atoms with Crippen LogP contribution in [0, 0.1) is 5.92 Å². The quantitative estimate of drug-likeness (QED) is 0.396. The number of ether oxygens (including phenoxy) is 4. The Bertz CT molecular complexity index is 677. The van der Waals surface area contributed by atoms with Gasteiger partial charge in [0.25, 0.3) is 0 Å². The van der Waals surface area contributed by atoms with Crippen molar-refractivity contribution >= 4 is 23.7 Å². The molecule has 6 nitrogen and oxygen atoms in total. The molecule has 0 radical (unpaired) electrons. The van der Waals surface area contributed by atoms with Crippen LogP contribution in [0.15, 0.2) is 24.3 Å². The van der Waals surface area contributed by atoms with Gasteiger partial charge >= 0.3 is 11.9 Å². The van der Waals surface area contributed by atoms with E-state index in [1.54, 1.807) is 18.9 Å². The molecule has 0 aromatic heterocycles. The van der Waals surface area contributed by atoms with Crippen molar-refractivity contribution in [2.45, 2.75) is 77.1 Å². The van der Waals surface area contributed by atoms with Crippen LogP contribution in [-0.4, -0.2) is 48.5 Å². The summed E-state index contributed by atoms with van der Waals surface area (Å²) < 4.78 is 22.6. The number of rotatable bonds is 10. The van der Waals surface area contributed by atoms with Crippen LogP contribution in [0.3, 0.4) is 0 Å². The Morgan fingerprint density at radius 3 is 2.23 bits per heavy atom. The van der Waals surface area contributed by atoms with Gasteiger partial charge in [-0.1, -0.05) is 26.0 Å². The smallest absolute Gasteiger partial charge is 0.303 e. The first-order chi connectivity index (χ1) is 14.3. The standard InChI is InChI=1S/C23H34O6S/c1-6-20-15(2)21(27-16(3)24)22(28-17(4)25)23(29-20)30-14-8-7-9-18-10-12-19(26-5)13-11-18/h10-13,15,20-23H,6-9,14H2,1-5H3. The van der Waals surface area contributed by atoms with E-state index in [4.69, 9.17) is 18.9 Å². The third-order valence-corrected chi connectivity index (χ3v) is 6.55. The summed E-state index contributed by atoms with van der Waals surface area (Å²) in [6, 6.07) is 8.13. The topological polar surface area (TPSA) is 71.1 Å². The van der Waals surface area contributed by atoms with Gasteiger partial charge in [-0.05, 0) is 49.1 Å². The molecule has 0 spiro atoms. The number of esters is 2. The Hall–Kier alpha value is -1.73. The van der Waals surface area contributed by atoms with Crippen LogP contribution < -0.4 is 4.74 Å². The van der Waals surface area contributed by atoms with Crippen molar-refractivity contribution < 1.29 is 28.5 Å². The summed E-state index contributed by atoms with van der Waals surface area (Å²) in [4.78, 5) is 23.3. The normalized spacial score (nSPS) is 26.1. The highest BCUT2D eigenvalue weighted by atomic mass is 32.2. The molecule has 5 unspecified atom stereocenters. The molecule has 30 heavy (non-hydrogen) atoms. The fraction of sp³-hybridized carbons (Fsp3) is 0.652. The van der Waals surface area contributed by atoms with Gasteiger partial charge in [0.05, 0.1) is 13.2 Å². The largest absolute Gasteiger partial charge is 0.497 e. The fourth-order valence-electron chi connectivity index (χ4n) is 3.74. The first-order valence-corrected chi connectivity index (χ1v) is 11.6. The van der Waals surface area contributed by atoms with Gasteiger partial charge < -0.3 is 18.9 Å². The molecule has 1 aliphatic heterocycles. The minimum absolute atomic E-state index is 0.0436. The number of carbonyl (C=O) groups is 2. The van der Waals surface area contributed by atoms with Crippen molar-refractivity contribution in [3.63, 3.8) is 0 Å². The van der Waals surface area contributed by atoms with Crippen molar-refractivity contribution in [1.82, 2.24) is 0 Å². The first kappa shape index (κ1) is 24.5. The molecule has 1 aliphatic rings. The second kappa shape index (κ2) is 12.2. The van der Waals surface area contributed by atoms with E-state index in [1.807, 2.05) is 19.1 Å². The molecule has 7 heteroatoms. The summed E-state index contributed by atoms with van der Waals surface area (Å²) in [5.41, 5.74) is 0.933. The Labute approximate surface area is 184 Å². The average molecular weight is 439 g/mol. The lowest BCUT2D eigenvalue weighted by Crippen LogP contribution is -2.55. The van der Waals surface area contributed by atoms with Crippen LogP contribution in [-0.2, 0) is 30.2 Å². The number of methoxy groups -OCH3 is 1. The summed E-state index contributed by atoms with van der Waals surface area (Å²) in [5.74, 6) is 0.922. The molecule has 1 fully saturated rings.